The molecule has 2 saturated carbocycles. The van der Waals surface area contributed by atoms with E-state index in [-0.39, 0.29) is 34.5 Å². The second-order valence-electron chi connectivity index (χ2n) is 19.2. The Labute approximate surface area is 315 Å². The van der Waals surface area contributed by atoms with E-state index in [4.69, 9.17) is 14.2 Å². The Morgan fingerprint density at radius 3 is 1.66 bits per heavy atom. The molecule has 6 atom stereocenters. The number of aryl methyl sites for hydroxylation is 2. The SMILES string of the molecule is CC(C)(C)OC(=O)Nc1ccc2c(c1)[C@@]1(C)CCC[C@](C)(C(=O)NC(=O)C3(C)CCCC4(C)c5cc(OC(=O)OC(C)(C)C)ccc5CCC34)[C@@H]1CC2. The average Bonchev–Trinajstić information content (AvgIpc) is 3.03. The highest BCUT2D eigenvalue weighted by Crippen LogP contribution is 2.60. The van der Waals surface area contributed by atoms with Crippen LogP contribution < -0.4 is 15.4 Å². The minimum atomic E-state index is -0.752. The van der Waals surface area contributed by atoms with Gasteiger partial charge in [-0.2, -0.15) is 0 Å². The third-order valence-electron chi connectivity index (χ3n) is 13.2. The van der Waals surface area contributed by atoms with Crippen molar-refractivity contribution >= 4 is 29.8 Å². The zero-order chi connectivity index (χ0) is 38.8. The Morgan fingerprint density at radius 1 is 0.660 bits per heavy atom. The summed E-state index contributed by atoms with van der Waals surface area (Å²) >= 11 is 0. The predicted octanol–water partition coefficient (Wildman–Crippen LogP) is 9.71. The van der Waals surface area contributed by atoms with Crippen molar-refractivity contribution in [2.45, 2.75) is 155 Å². The number of hydrogen-bond donors (Lipinski definition) is 2. The fourth-order valence-electron chi connectivity index (χ4n) is 10.8. The van der Waals surface area contributed by atoms with Crippen LogP contribution in [0.5, 0.6) is 5.75 Å². The summed E-state index contributed by atoms with van der Waals surface area (Å²) < 4.78 is 16.5. The Bertz CT molecular complexity index is 1680. The standard InChI is InChI=1S/C44H60N2O7/c1-39(2,3)52-37(49)45-29-17-13-27-15-19-33-41(7,31(27)25-29)21-11-23-43(33,9)35(47)46-36(48)44(10)24-12-22-42(8)32-26-30(51-38(50)53-40(4,5)6)18-14-28(32)16-20-34(42)44/h13-14,17-18,25-26,33-34H,11-12,15-16,19-24H2,1-10H3,(H,45,49)(H,46,47,48)/t33-,34?,41-,42?,43+,44?/m1/s1. The third-order valence-corrected chi connectivity index (χ3v) is 13.2. The van der Waals surface area contributed by atoms with Crippen molar-refractivity contribution in [3.05, 3.63) is 58.7 Å². The average molecular weight is 729 g/mol. The van der Waals surface area contributed by atoms with Gasteiger partial charge >= 0.3 is 12.2 Å². The van der Waals surface area contributed by atoms with E-state index in [1.54, 1.807) is 20.8 Å². The smallest absolute Gasteiger partial charge is 0.444 e. The maximum absolute atomic E-state index is 14.6. The van der Waals surface area contributed by atoms with Crippen LogP contribution in [0.4, 0.5) is 15.3 Å². The Hall–Kier alpha value is -3.88. The Morgan fingerprint density at radius 2 is 1.15 bits per heavy atom. The fraction of sp³-hybridized carbons (Fsp3) is 0.636. The highest BCUT2D eigenvalue weighted by atomic mass is 16.7. The number of anilines is 1. The molecule has 9 heteroatoms. The van der Waals surface area contributed by atoms with E-state index in [2.05, 4.69) is 43.5 Å². The van der Waals surface area contributed by atoms with Gasteiger partial charge in [-0.1, -0.05) is 52.7 Å². The lowest BCUT2D eigenvalue weighted by Gasteiger charge is -2.56. The summed E-state index contributed by atoms with van der Waals surface area (Å²) in [6, 6.07) is 11.9. The van der Waals surface area contributed by atoms with Gasteiger partial charge in [0.05, 0.1) is 10.8 Å². The van der Waals surface area contributed by atoms with E-state index in [0.717, 1.165) is 56.9 Å². The van der Waals surface area contributed by atoms with Gasteiger partial charge in [-0.25, -0.2) is 9.59 Å². The van der Waals surface area contributed by atoms with Crippen molar-refractivity contribution in [3.63, 3.8) is 0 Å². The topological polar surface area (TPSA) is 120 Å². The number of hydrogen-bond acceptors (Lipinski definition) is 7. The van der Waals surface area contributed by atoms with Gasteiger partial charge < -0.3 is 14.2 Å². The normalized spacial score (nSPS) is 30.7. The summed E-state index contributed by atoms with van der Waals surface area (Å²) in [5.74, 6) is 0.0963. The second-order valence-corrected chi connectivity index (χ2v) is 19.2. The molecule has 6 rings (SSSR count). The number of nitrogens with one attached hydrogen (secondary N) is 2. The molecule has 2 fully saturated rings. The van der Waals surface area contributed by atoms with Crippen LogP contribution in [0, 0.1) is 22.7 Å². The van der Waals surface area contributed by atoms with Gasteiger partial charge in [0.1, 0.15) is 17.0 Å². The highest BCUT2D eigenvalue weighted by molar-refractivity contribution is 6.01. The minimum Gasteiger partial charge on any atom is -0.444 e. The number of rotatable bonds is 4. The molecule has 4 aliphatic rings. The molecule has 0 aliphatic heterocycles. The molecule has 0 aromatic heterocycles. The molecule has 0 heterocycles. The number of carbonyl (C=O) groups is 4. The van der Waals surface area contributed by atoms with E-state index in [1.807, 2.05) is 52.0 Å². The lowest BCUT2D eigenvalue weighted by molar-refractivity contribution is -0.150. The molecule has 288 valence electrons. The molecule has 3 unspecified atom stereocenters. The van der Waals surface area contributed by atoms with Gasteiger partial charge in [-0.3, -0.25) is 20.2 Å². The van der Waals surface area contributed by atoms with Gasteiger partial charge in [0.2, 0.25) is 11.8 Å². The monoisotopic (exact) mass is 728 g/mol. The van der Waals surface area contributed by atoms with Crippen molar-refractivity contribution in [1.29, 1.82) is 0 Å². The van der Waals surface area contributed by atoms with Crippen LogP contribution in [0.15, 0.2) is 36.4 Å². The Balaban J connectivity index is 1.22. The summed E-state index contributed by atoms with van der Waals surface area (Å²) in [5.41, 5.74) is 1.99. The maximum Gasteiger partial charge on any atom is 0.514 e. The van der Waals surface area contributed by atoms with Crippen molar-refractivity contribution in [2.24, 2.45) is 22.7 Å². The van der Waals surface area contributed by atoms with Crippen molar-refractivity contribution in [3.8, 4) is 5.75 Å². The molecular formula is C44H60N2O7. The van der Waals surface area contributed by atoms with E-state index < -0.39 is 34.3 Å². The van der Waals surface area contributed by atoms with Crippen molar-refractivity contribution < 1.29 is 33.4 Å². The molecule has 2 aromatic carbocycles. The van der Waals surface area contributed by atoms with Crippen molar-refractivity contribution in [1.82, 2.24) is 5.32 Å². The molecule has 4 aliphatic carbocycles. The van der Waals surface area contributed by atoms with Crippen LogP contribution in [0.2, 0.25) is 0 Å². The summed E-state index contributed by atoms with van der Waals surface area (Å²) in [7, 11) is 0. The van der Waals surface area contributed by atoms with E-state index in [1.165, 1.54) is 16.7 Å². The number of carbonyl (C=O) groups excluding carboxylic acids is 4. The molecule has 0 saturated heterocycles. The number of ether oxygens (including phenoxy) is 3. The van der Waals surface area contributed by atoms with Gasteiger partial charge in [-0.05, 0) is 162 Å². The first-order valence-electron chi connectivity index (χ1n) is 19.6. The Kier molecular flexibility index (Phi) is 9.86. The minimum absolute atomic E-state index is 0.00251. The summed E-state index contributed by atoms with van der Waals surface area (Å²) in [6.07, 6.45) is 7.03. The first-order chi connectivity index (χ1) is 24.6. The van der Waals surface area contributed by atoms with Crippen LogP contribution in [-0.4, -0.2) is 35.3 Å². The molecule has 3 amide bonds. The number of fused-ring (bicyclic) bond motifs is 6. The van der Waals surface area contributed by atoms with E-state index >= 15 is 0 Å². The summed E-state index contributed by atoms with van der Waals surface area (Å²) in [5, 5.41) is 5.94. The number of amides is 3. The summed E-state index contributed by atoms with van der Waals surface area (Å²) in [4.78, 5) is 54.3. The van der Waals surface area contributed by atoms with Gasteiger partial charge in [0.15, 0.2) is 0 Å². The maximum atomic E-state index is 14.6. The van der Waals surface area contributed by atoms with E-state index in [0.29, 0.717) is 24.3 Å². The van der Waals surface area contributed by atoms with Crippen LogP contribution in [0.3, 0.4) is 0 Å². The van der Waals surface area contributed by atoms with Crippen LogP contribution in [0.1, 0.15) is 143 Å². The lowest BCUT2D eigenvalue weighted by Crippen LogP contribution is -2.60. The van der Waals surface area contributed by atoms with Gasteiger partial charge in [0, 0.05) is 5.69 Å². The van der Waals surface area contributed by atoms with E-state index in [9.17, 15) is 19.2 Å². The molecule has 53 heavy (non-hydrogen) atoms. The van der Waals surface area contributed by atoms with Crippen LogP contribution >= 0.6 is 0 Å². The van der Waals surface area contributed by atoms with Gasteiger partial charge in [0.25, 0.3) is 0 Å². The quantitative estimate of drug-likeness (QED) is 0.183. The predicted molar refractivity (Wildman–Crippen MR) is 205 cm³/mol. The first kappa shape index (κ1) is 38.8. The summed E-state index contributed by atoms with van der Waals surface area (Å²) in [6.45, 7) is 19.5. The number of benzene rings is 2. The zero-order valence-corrected chi connectivity index (χ0v) is 33.5. The molecule has 2 aromatic rings. The molecular weight excluding hydrogens is 668 g/mol. The third kappa shape index (κ3) is 7.34. The molecule has 0 spiro atoms. The van der Waals surface area contributed by atoms with Crippen LogP contribution in [-0.2, 0) is 42.7 Å². The highest BCUT2D eigenvalue weighted by Gasteiger charge is 2.58. The second kappa shape index (κ2) is 13.5. The largest absolute Gasteiger partial charge is 0.514 e. The molecule has 2 N–H and O–H groups in total. The van der Waals surface area contributed by atoms with Crippen molar-refractivity contribution in [2.75, 3.05) is 5.32 Å². The molecule has 0 bridgehead atoms. The fourth-order valence-corrected chi connectivity index (χ4v) is 10.8. The first-order valence-corrected chi connectivity index (χ1v) is 19.6. The van der Waals surface area contributed by atoms with Crippen LogP contribution in [0.25, 0.3) is 0 Å². The number of imide groups is 1. The lowest BCUT2D eigenvalue weighted by atomic mass is 9.49. The molecule has 0 radical (unpaired) electrons. The molecule has 9 nitrogen and oxygen atoms in total. The zero-order valence-electron chi connectivity index (χ0n) is 33.5. The van der Waals surface area contributed by atoms with Gasteiger partial charge in [-0.15, -0.1) is 0 Å².